The number of carbonyl (C=O) groups excluding carboxylic acids is 1. The molecule has 4 rings (SSSR count). The first-order valence-corrected chi connectivity index (χ1v) is 10.0. The molecule has 0 spiro atoms. The van der Waals surface area contributed by atoms with E-state index < -0.39 is 0 Å². The van der Waals surface area contributed by atoms with E-state index in [9.17, 15) is 4.79 Å². The summed E-state index contributed by atoms with van der Waals surface area (Å²) in [5.41, 5.74) is 5.65. The Morgan fingerprint density at radius 2 is 2.00 bits per heavy atom. The molecule has 2 amide bonds. The Morgan fingerprint density at radius 1 is 1.14 bits per heavy atom. The predicted molar refractivity (Wildman–Crippen MR) is 114 cm³/mol. The van der Waals surface area contributed by atoms with E-state index in [2.05, 4.69) is 71.5 Å². The number of carbonyl (C=O) groups is 1. The standard InChI is InChI=1S/C24H27N3O2/c1-18-8-5-10-19(16-18)23-22-12-6-14-26(22)21-11-4-3-9-20(21)17-27(23)24(28)25-13-7-15-29-2/h3-6,8-12,14,16,23H,7,13,15,17H2,1-2H3,(H,25,28)/t23-/m0/s1. The number of aryl methyl sites for hydroxylation is 1. The minimum Gasteiger partial charge on any atom is -0.385 e. The Kier molecular flexibility index (Phi) is 5.67. The Morgan fingerprint density at radius 3 is 2.83 bits per heavy atom. The third kappa shape index (κ3) is 3.91. The van der Waals surface area contributed by atoms with Crippen LogP contribution in [0.1, 0.15) is 34.8 Å². The van der Waals surface area contributed by atoms with E-state index in [4.69, 9.17) is 4.74 Å². The lowest BCUT2D eigenvalue weighted by molar-refractivity contribution is 0.174. The van der Waals surface area contributed by atoms with Crippen molar-refractivity contribution >= 4 is 6.03 Å². The van der Waals surface area contributed by atoms with Crippen LogP contribution in [0.4, 0.5) is 4.79 Å². The molecule has 29 heavy (non-hydrogen) atoms. The lowest BCUT2D eigenvalue weighted by atomic mass is 10.00. The van der Waals surface area contributed by atoms with Gasteiger partial charge in [0, 0.05) is 32.2 Å². The largest absolute Gasteiger partial charge is 0.385 e. The maximum atomic E-state index is 13.3. The van der Waals surface area contributed by atoms with Crippen molar-refractivity contribution in [1.82, 2.24) is 14.8 Å². The second-order valence-electron chi connectivity index (χ2n) is 7.45. The highest BCUT2D eigenvalue weighted by Gasteiger charge is 2.32. The van der Waals surface area contributed by atoms with Gasteiger partial charge >= 0.3 is 6.03 Å². The van der Waals surface area contributed by atoms with E-state index in [0.717, 1.165) is 28.9 Å². The number of ether oxygens (including phenoxy) is 1. The maximum Gasteiger partial charge on any atom is 0.318 e. The fraction of sp³-hybridized carbons (Fsp3) is 0.292. The molecule has 0 saturated heterocycles. The smallest absolute Gasteiger partial charge is 0.318 e. The molecular formula is C24H27N3O2. The summed E-state index contributed by atoms with van der Waals surface area (Å²) < 4.78 is 7.32. The molecule has 0 saturated carbocycles. The van der Waals surface area contributed by atoms with Crippen molar-refractivity contribution in [1.29, 1.82) is 0 Å². The number of nitrogens with one attached hydrogen (secondary N) is 1. The van der Waals surface area contributed by atoms with Crippen LogP contribution >= 0.6 is 0 Å². The van der Waals surface area contributed by atoms with Gasteiger partial charge in [0.05, 0.1) is 18.3 Å². The highest BCUT2D eigenvalue weighted by atomic mass is 16.5. The van der Waals surface area contributed by atoms with Crippen LogP contribution in [0, 0.1) is 6.92 Å². The molecule has 0 bridgehead atoms. The lowest BCUT2D eigenvalue weighted by Crippen LogP contribution is -2.42. The number of fused-ring (bicyclic) bond motifs is 3. The molecule has 0 radical (unpaired) electrons. The molecule has 1 aromatic heterocycles. The molecule has 1 aliphatic rings. The van der Waals surface area contributed by atoms with Crippen LogP contribution in [-0.2, 0) is 11.3 Å². The molecule has 0 unspecified atom stereocenters. The third-order valence-corrected chi connectivity index (χ3v) is 5.38. The minimum absolute atomic E-state index is 0.0583. The molecule has 1 N–H and O–H groups in total. The summed E-state index contributed by atoms with van der Waals surface area (Å²) in [6, 6.07) is 20.7. The monoisotopic (exact) mass is 389 g/mol. The Bertz CT molecular complexity index is 995. The topological polar surface area (TPSA) is 46.5 Å². The maximum absolute atomic E-state index is 13.3. The number of urea groups is 1. The number of rotatable bonds is 5. The molecule has 1 atom stereocenters. The van der Waals surface area contributed by atoms with Gasteiger partial charge in [-0.2, -0.15) is 0 Å². The number of nitrogens with zero attached hydrogens (tertiary/aromatic N) is 2. The van der Waals surface area contributed by atoms with E-state index in [1.54, 1.807) is 7.11 Å². The second-order valence-corrected chi connectivity index (χ2v) is 7.45. The number of hydrogen-bond acceptors (Lipinski definition) is 2. The fourth-order valence-corrected chi connectivity index (χ4v) is 4.04. The first-order chi connectivity index (χ1) is 14.2. The SMILES string of the molecule is COCCCNC(=O)N1Cc2ccccc2-n2cccc2[C@@H]1c1cccc(C)c1. The van der Waals surface area contributed by atoms with Gasteiger partial charge in [0.25, 0.3) is 0 Å². The highest BCUT2D eigenvalue weighted by Crippen LogP contribution is 2.36. The summed E-state index contributed by atoms with van der Waals surface area (Å²) in [6.45, 7) is 3.86. The van der Waals surface area contributed by atoms with Crippen LogP contribution in [0.5, 0.6) is 0 Å². The average Bonchev–Trinajstić information content (AvgIpc) is 3.15. The van der Waals surface area contributed by atoms with Gasteiger partial charge in [0.15, 0.2) is 0 Å². The van der Waals surface area contributed by atoms with E-state index in [-0.39, 0.29) is 12.1 Å². The molecule has 0 fully saturated rings. The van der Waals surface area contributed by atoms with E-state index >= 15 is 0 Å². The van der Waals surface area contributed by atoms with Crippen LogP contribution in [0.25, 0.3) is 5.69 Å². The summed E-state index contributed by atoms with van der Waals surface area (Å²) in [4.78, 5) is 15.2. The number of benzene rings is 2. The molecule has 1 aliphatic heterocycles. The van der Waals surface area contributed by atoms with Crippen molar-refractivity contribution in [2.75, 3.05) is 20.3 Å². The Balaban J connectivity index is 1.77. The highest BCUT2D eigenvalue weighted by molar-refractivity contribution is 5.76. The number of para-hydroxylation sites is 1. The summed E-state index contributed by atoms with van der Waals surface area (Å²) in [6.07, 6.45) is 2.87. The minimum atomic E-state index is -0.167. The number of hydrogen-bond donors (Lipinski definition) is 1. The number of aromatic nitrogens is 1. The molecule has 0 aliphatic carbocycles. The Hall–Kier alpha value is -3.05. The van der Waals surface area contributed by atoms with Crippen LogP contribution in [0.3, 0.4) is 0 Å². The van der Waals surface area contributed by atoms with Crippen LogP contribution in [-0.4, -0.2) is 35.8 Å². The van der Waals surface area contributed by atoms with Crippen molar-refractivity contribution in [2.45, 2.75) is 25.9 Å². The normalized spacial score (nSPS) is 15.4. The first kappa shape index (κ1) is 19.3. The Labute approximate surface area is 171 Å². The molecule has 5 nitrogen and oxygen atoms in total. The fourth-order valence-electron chi connectivity index (χ4n) is 4.04. The third-order valence-electron chi connectivity index (χ3n) is 5.38. The summed E-state index contributed by atoms with van der Waals surface area (Å²) >= 11 is 0. The molecule has 150 valence electrons. The van der Waals surface area contributed by atoms with Crippen LogP contribution in [0.2, 0.25) is 0 Å². The van der Waals surface area contributed by atoms with Crippen LogP contribution < -0.4 is 5.32 Å². The quantitative estimate of drug-likeness (QED) is 0.656. The van der Waals surface area contributed by atoms with Gasteiger partial charge in [0.2, 0.25) is 0 Å². The molecule has 2 heterocycles. The molecule has 5 heteroatoms. The van der Waals surface area contributed by atoms with Crippen molar-refractivity contribution in [3.05, 3.63) is 89.2 Å². The van der Waals surface area contributed by atoms with Gasteiger partial charge in [-0.3, -0.25) is 0 Å². The summed E-state index contributed by atoms with van der Waals surface area (Å²) in [5, 5.41) is 3.08. The molecule has 2 aromatic carbocycles. The zero-order valence-corrected chi connectivity index (χ0v) is 17.0. The van der Waals surface area contributed by atoms with E-state index in [1.165, 1.54) is 5.56 Å². The lowest BCUT2D eigenvalue weighted by Gasteiger charge is -2.31. The molecular weight excluding hydrogens is 362 g/mol. The van der Waals surface area contributed by atoms with Crippen molar-refractivity contribution < 1.29 is 9.53 Å². The van der Waals surface area contributed by atoms with Crippen LogP contribution in [0.15, 0.2) is 66.9 Å². The van der Waals surface area contributed by atoms with Gasteiger partial charge in [-0.05, 0) is 42.7 Å². The van der Waals surface area contributed by atoms with Gasteiger partial charge in [-0.25, -0.2) is 4.79 Å². The van der Waals surface area contributed by atoms with Crippen molar-refractivity contribution in [3.63, 3.8) is 0 Å². The number of amides is 2. The first-order valence-electron chi connectivity index (χ1n) is 10.0. The van der Waals surface area contributed by atoms with Gasteiger partial charge in [-0.15, -0.1) is 0 Å². The molecule has 3 aromatic rings. The second kappa shape index (κ2) is 8.53. The summed E-state index contributed by atoms with van der Waals surface area (Å²) in [5.74, 6) is 0. The van der Waals surface area contributed by atoms with E-state index in [0.29, 0.717) is 19.7 Å². The van der Waals surface area contributed by atoms with Gasteiger partial charge in [-0.1, -0.05) is 48.0 Å². The van der Waals surface area contributed by atoms with Crippen molar-refractivity contribution in [2.24, 2.45) is 0 Å². The van der Waals surface area contributed by atoms with Gasteiger partial charge in [0.1, 0.15) is 0 Å². The summed E-state index contributed by atoms with van der Waals surface area (Å²) in [7, 11) is 1.68. The average molecular weight is 389 g/mol. The van der Waals surface area contributed by atoms with Gasteiger partial charge < -0.3 is 19.5 Å². The predicted octanol–water partition coefficient (Wildman–Crippen LogP) is 4.44. The van der Waals surface area contributed by atoms with E-state index in [1.807, 2.05) is 17.0 Å². The zero-order chi connectivity index (χ0) is 20.2. The number of methoxy groups -OCH3 is 1. The zero-order valence-electron chi connectivity index (χ0n) is 17.0. The van der Waals surface area contributed by atoms with Crippen molar-refractivity contribution in [3.8, 4) is 5.69 Å².